The van der Waals surface area contributed by atoms with Gasteiger partial charge in [0, 0.05) is 6.04 Å². The van der Waals surface area contributed by atoms with Crippen LogP contribution in [0.5, 0.6) is 0 Å². The Morgan fingerprint density at radius 1 is 1.31 bits per heavy atom. The van der Waals surface area contributed by atoms with E-state index in [1.807, 2.05) is 0 Å². The Morgan fingerprint density at radius 3 is 2.23 bits per heavy atom. The molecule has 1 aromatic rings. The van der Waals surface area contributed by atoms with Gasteiger partial charge in [-0.15, -0.1) is 0 Å². The lowest BCUT2D eigenvalue weighted by Crippen LogP contribution is -2.12. The van der Waals surface area contributed by atoms with E-state index in [0.717, 1.165) is 6.20 Å². The molecule has 0 saturated carbocycles. The maximum Gasteiger partial charge on any atom is 0.434 e. The van der Waals surface area contributed by atoms with Crippen LogP contribution < -0.4 is 5.73 Å². The molecule has 2 N–H and O–H groups in total. The molecule has 0 amide bonds. The number of halogens is 3. The van der Waals surface area contributed by atoms with Crippen molar-refractivity contribution in [3.63, 3.8) is 0 Å². The van der Waals surface area contributed by atoms with Gasteiger partial charge in [0.1, 0.15) is 0 Å². The summed E-state index contributed by atoms with van der Waals surface area (Å²) in [4.78, 5) is 6.74. The largest absolute Gasteiger partial charge is 0.434 e. The van der Waals surface area contributed by atoms with Crippen molar-refractivity contribution in [3.8, 4) is 0 Å². The summed E-state index contributed by atoms with van der Waals surface area (Å²) in [5.74, 6) is 0. The number of aromatic nitrogens is 2. The fourth-order valence-electron chi connectivity index (χ4n) is 0.720. The van der Waals surface area contributed by atoms with Crippen LogP contribution in [0.3, 0.4) is 0 Å². The van der Waals surface area contributed by atoms with Crippen LogP contribution in [-0.4, -0.2) is 9.97 Å². The monoisotopic (exact) mass is 191 g/mol. The van der Waals surface area contributed by atoms with E-state index in [4.69, 9.17) is 5.73 Å². The Morgan fingerprint density at radius 2 is 1.92 bits per heavy atom. The van der Waals surface area contributed by atoms with E-state index >= 15 is 0 Å². The van der Waals surface area contributed by atoms with Gasteiger partial charge in [0.05, 0.1) is 18.1 Å². The Kier molecular flexibility index (Phi) is 2.51. The fourth-order valence-corrected chi connectivity index (χ4v) is 0.720. The predicted octanol–water partition coefficient (Wildman–Crippen LogP) is 1.52. The highest BCUT2D eigenvalue weighted by molar-refractivity contribution is 5.07. The number of alkyl halides is 3. The standard InChI is InChI=1S/C7H8F3N3/c1-4(11)5-2-13-6(3-12-5)7(8,9)10/h2-4H,11H2,1H3. The fraction of sp³-hybridized carbons (Fsp3) is 0.429. The Bertz CT molecular complexity index is 278. The first-order valence-electron chi connectivity index (χ1n) is 3.56. The van der Waals surface area contributed by atoms with Crippen LogP contribution in [-0.2, 0) is 6.18 Å². The van der Waals surface area contributed by atoms with Crippen LogP contribution in [0, 0.1) is 0 Å². The minimum atomic E-state index is -4.44. The molecule has 0 aliphatic rings. The summed E-state index contributed by atoms with van der Waals surface area (Å²) in [6.07, 6.45) is -2.73. The van der Waals surface area contributed by atoms with E-state index < -0.39 is 17.9 Å². The smallest absolute Gasteiger partial charge is 0.323 e. The van der Waals surface area contributed by atoms with E-state index in [2.05, 4.69) is 9.97 Å². The quantitative estimate of drug-likeness (QED) is 0.732. The maximum absolute atomic E-state index is 12.0. The summed E-state index contributed by atoms with van der Waals surface area (Å²) < 4.78 is 36.0. The number of nitrogens with zero attached hydrogens (tertiary/aromatic N) is 2. The van der Waals surface area contributed by atoms with Crippen molar-refractivity contribution in [1.29, 1.82) is 0 Å². The number of hydrogen-bond acceptors (Lipinski definition) is 3. The minimum Gasteiger partial charge on any atom is -0.323 e. The van der Waals surface area contributed by atoms with Gasteiger partial charge in [-0.1, -0.05) is 0 Å². The maximum atomic E-state index is 12.0. The van der Waals surface area contributed by atoms with Gasteiger partial charge >= 0.3 is 6.18 Å². The SMILES string of the molecule is CC(N)c1cnc(C(F)(F)F)cn1. The molecule has 3 nitrogen and oxygen atoms in total. The van der Waals surface area contributed by atoms with Crippen molar-refractivity contribution in [2.24, 2.45) is 5.73 Å². The van der Waals surface area contributed by atoms with Gasteiger partial charge in [0.25, 0.3) is 0 Å². The Hall–Kier alpha value is -1.17. The molecule has 0 spiro atoms. The van der Waals surface area contributed by atoms with Gasteiger partial charge in [-0.05, 0) is 6.92 Å². The molecule has 72 valence electrons. The van der Waals surface area contributed by atoms with Crippen LogP contribution in [0.15, 0.2) is 12.4 Å². The van der Waals surface area contributed by atoms with Gasteiger partial charge in [-0.25, -0.2) is 4.98 Å². The van der Waals surface area contributed by atoms with Crippen molar-refractivity contribution in [2.45, 2.75) is 19.1 Å². The van der Waals surface area contributed by atoms with Gasteiger partial charge in [-0.3, -0.25) is 4.98 Å². The highest BCUT2D eigenvalue weighted by atomic mass is 19.4. The molecule has 1 heterocycles. The zero-order chi connectivity index (χ0) is 10.1. The van der Waals surface area contributed by atoms with Crippen LogP contribution in [0.2, 0.25) is 0 Å². The van der Waals surface area contributed by atoms with E-state index in [9.17, 15) is 13.2 Å². The van der Waals surface area contributed by atoms with Gasteiger partial charge in [-0.2, -0.15) is 13.2 Å². The third-order valence-corrected chi connectivity index (χ3v) is 1.43. The molecular weight excluding hydrogens is 183 g/mol. The lowest BCUT2D eigenvalue weighted by Gasteiger charge is -2.07. The zero-order valence-corrected chi connectivity index (χ0v) is 6.84. The third-order valence-electron chi connectivity index (χ3n) is 1.43. The minimum absolute atomic E-state index is 0.341. The molecule has 1 aromatic heterocycles. The molecule has 0 aliphatic heterocycles. The number of rotatable bonds is 1. The Labute approximate surface area is 72.8 Å². The summed E-state index contributed by atoms with van der Waals surface area (Å²) in [5.41, 5.74) is 4.73. The molecule has 13 heavy (non-hydrogen) atoms. The summed E-state index contributed by atoms with van der Waals surface area (Å²) in [6.45, 7) is 1.62. The normalized spacial score (nSPS) is 14.2. The molecule has 0 saturated heterocycles. The first kappa shape index (κ1) is 9.91. The lowest BCUT2D eigenvalue weighted by atomic mass is 10.2. The molecule has 6 heteroatoms. The first-order valence-corrected chi connectivity index (χ1v) is 3.56. The van der Waals surface area contributed by atoms with Crippen molar-refractivity contribution in [1.82, 2.24) is 9.97 Å². The van der Waals surface area contributed by atoms with Crippen LogP contribution in [0.25, 0.3) is 0 Å². The molecule has 0 radical (unpaired) electrons. The van der Waals surface area contributed by atoms with E-state index in [1.54, 1.807) is 6.92 Å². The average molecular weight is 191 g/mol. The van der Waals surface area contributed by atoms with Crippen molar-refractivity contribution >= 4 is 0 Å². The summed E-state index contributed by atoms with van der Waals surface area (Å²) >= 11 is 0. The highest BCUT2D eigenvalue weighted by Gasteiger charge is 2.32. The van der Waals surface area contributed by atoms with Crippen LogP contribution in [0.4, 0.5) is 13.2 Å². The third kappa shape index (κ3) is 2.38. The molecule has 1 rings (SSSR count). The molecule has 1 atom stereocenters. The number of hydrogen-bond donors (Lipinski definition) is 1. The second-order valence-electron chi connectivity index (χ2n) is 2.61. The molecule has 0 aliphatic carbocycles. The molecule has 0 bridgehead atoms. The lowest BCUT2D eigenvalue weighted by molar-refractivity contribution is -0.141. The van der Waals surface area contributed by atoms with E-state index in [0.29, 0.717) is 11.9 Å². The zero-order valence-electron chi connectivity index (χ0n) is 6.84. The predicted molar refractivity (Wildman–Crippen MR) is 39.6 cm³/mol. The van der Waals surface area contributed by atoms with Crippen LogP contribution >= 0.6 is 0 Å². The molecular formula is C7H8F3N3. The molecule has 1 unspecified atom stereocenters. The first-order chi connectivity index (χ1) is 5.91. The topological polar surface area (TPSA) is 51.8 Å². The summed E-state index contributed by atoms with van der Waals surface area (Å²) in [6, 6.07) is -0.408. The van der Waals surface area contributed by atoms with E-state index in [-0.39, 0.29) is 0 Å². The molecule has 0 aromatic carbocycles. The van der Waals surface area contributed by atoms with Gasteiger partial charge < -0.3 is 5.73 Å². The molecule has 0 fully saturated rings. The van der Waals surface area contributed by atoms with E-state index in [1.165, 1.54) is 0 Å². The number of nitrogens with two attached hydrogens (primary N) is 1. The highest BCUT2D eigenvalue weighted by Crippen LogP contribution is 2.26. The van der Waals surface area contributed by atoms with Gasteiger partial charge in [0.2, 0.25) is 0 Å². The second-order valence-corrected chi connectivity index (χ2v) is 2.61. The summed E-state index contributed by atoms with van der Waals surface area (Å²) in [7, 11) is 0. The van der Waals surface area contributed by atoms with Crippen molar-refractivity contribution < 1.29 is 13.2 Å². The van der Waals surface area contributed by atoms with Crippen LogP contribution in [0.1, 0.15) is 24.4 Å². The summed E-state index contributed by atoms with van der Waals surface area (Å²) in [5, 5.41) is 0. The van der Waals surface area contributed by atoms with Gasteiger partial charge in [0.15, 0.2) is 5.69 Å². The average Bonchev–Trinajstić information content (AvgIpc) is 2.03. The second kappa shape index (κ2) is 3.29. The van der Waals surface area contributed by atoms with Crippen molar-refractivity contribution in [3.05, 3.63) is 23.8 Å². The van der Waals surface area contributed by atoms with Crippen molar-refractivity contribution in [2.75, 3.05) is 0 Å². The Balaban J connectivity index is 2.94.